The molecule has 8 heteroatoms. The van der Waals surface area contributed by atoms with E-state index in [4.69, 9.17) is 4.43 Å². The standard InChI is InChI=1S/C15H25NO4S2Si/c1-8(20-23(6,7)15(2,3)4)9-11(17)16-10(13(18)19)14(21-5)22-12(9)16/h8-9,12H,1-7H3,(H,18,19)/t8-,9?,12?/m1/s1. The fourth-order valence-electron chi connectivity index (χ4n) is 2.60. The number of β-lactam (4-membered cyclic amide) rings is 1. The van der Waals surface area contributed by atoms with E-state index in [1.807, 2.05) is 13.2 Å². The van der Waals surface area contributed by atoms with Crippen LogP contribution in [0.5, 0.6) is 0 Å². The van der Waals surface area contributed by atoms with Gasteiger partial charge in [0.15, 0.2) is 14.0 Å². The Kier molecular flexibility index (Phi) is 5.03. The Morgan fingerprint density at radius 3 is 2.43 bits per heavy atom. The summed E-state index contributed by atoms with van der Waals surface area (Å²) in [6, 6.07) is 0. The number of carbonyl (C=O) groups excluding carboxylic acids is 1. The molecule has 0 bridgehead atoms. The minimum atomic E-state index is -1.97. The van der Waals surface area contributed by atoms with Gasteiger partial charge in [0.05, 0.1) is 16.3 Å². The van der Waals surface area contributed by atoms with Gasteiger partial charge in [0.25, 0.3) is 0 Å². The highest BCUT2D eigenvalue weighted by atomic mass is 32.2. The fourth-order valence-corrected chi connectivity index (χ4v) is 6.40. The quantitative estimate of drug-likeness (QED) is 0.585. The average Bonchev–Trinajstić information content (AvgIpc) is 2.71. The smallest absolute Gasteiger partial charge is 0.354 e. The van der Waals surface area contributed by atoms with Gasteiger partial charge in [0, 0.05) is 0 Å². The number of nitrogens with zero attached hydrogens (tertiary/aromatic N) is 1. The molecule has 0 aromatic rings. The van der Waals surface area contributed by atoms with Gasteiger partial charge in [-0.05, 0) is 31.3 Å². The second kappa shape index (κ2) is 6.13. The molecule has 2 unspecified atom stereocenters. The molecule has 0 saturated carbocycles. The van der Waals surface area contributed by atoms with Gasteiger partial charge in [-0.15, -0.1) is 11.8 Å². The van der Waals surface area contributed by atoms with Crippen LogP contribution in [0.15, 0.2) is 9.93 Å². The molecule has 0 aliphatic carbocycles. The first-order valence-corrected chi connectivity index (χ1v) is 12.6. The number of fused-ring (bicyclic) bond motifs is 1. The molecule has 23 heavy (non-hydrogen) atoms. The molecular weight excluding hydrogens is 350 g/mol. The maximum Gasteiger partial charge on any atom is 0.354 e. The van der Waals surface area contributed by atoms with Crippen LogP contribution in [0.3, 0.4) is 0 Å². The molecule has 0 aromatic heterocycles. The highest BCUT2D eigenvalue weighted by Crippen LogP contribution is 2.54. The van der Waals surface area contributed by atoms with E-state index in [1.54, 1.807) is 0 Å². The first-order valence-electron chi connectivity index (χ1n) is 7.61. The zero-order chi connectivity index (χ0) is 17.7. The van der Waals surface area contributed by atoms with Crippen LogP contribution in [-0.4, -0.2) is 47.9 Å². The van der Waals surface area contributed by atoms with Crippen LogP contribution >= 0.6 is 23.5 Å². The van der Waals surface area contributed by atoms with Crippen LogP contribution in [0.25, 0.3) is 0 Å². The second-order valence-corrected chi connectivity index (χ2v) is 14.4. The number of hydrogen-bond acceptors (Lipinski definition) is 5. The van der Waals surface area contributed by atoms with Gasteiger partial charge < -0.3 is 9.53 Å². The van der Waals surface area contributed by atoms with Gasteiger partial charge in [-0.1, -0.05) is 32.5 Å². The van der Waals surface area contributed by atoms with Crippen LogP contribution in [-0.2, 0) is 14.0 Å². The van der Waals surface area contributed by atoms with E-state index in [-0.39, 0.29) is 34.0 Å². The lowest BCUT2D eigenvalue weighted by Crippen LogP contribution is -2.62. The number of rotatable bonds is 5. The van der Waals surface area contributed by atoms with Gasteiger partial charge >= 0.3 is 5.97 Å². The van der Waals surface area contributed by atoms with Crippen molar-refractivity contribution in [2.24, 2.45) is 5.92 Å². The fraction of sp³-hybridized carbons (Fsp3) is 0.733. The van der Waals surface area contributed by atoms with Gasteiger partial charge in [-0.3, -0.25) is 9.69 Å². The number of aliphatic carboxylic acids is 1. The summed E-state index contributed by atoms with van der Waals surface area (Å²) in [7, 11) is -1.97. The predicted molar refractivity (Wildman–Crippen MR) is 97.6 cm³/mol. The van der Waals surface area contributed by atoms with Crippen molar-refractivity contribution in [3.8, 4) is 0 Å². The number of amides is 1. The lowest BCUT2D eigenvalue weighted by Gasteiger charge is -2.48. The van der Waals surface area contributed by atoms with Crippen molar-refractivity contribution in [1.82, 2.24) is 4.90 Å². The molecule has 0 spiro atoms. The van der Waals surface area contributed by atoms with Crippen molar-refractivity contribution in [1.29, 1.82) is 0 Å². The summed E-state index contributed by atoms with van der Waals surface area (Å²) in [6.45, 7) is 12.8. The third kappa shape index (κ3) is 3.10. The van der Waals surface area contributed by atoms with Crippen molar-refractivity contribution in [2.75, 3.05) is 6.26 Å². The zero-order valence-electron chi connectivity index (χ0n) is 14.7. The highest BCUT2D eigenvalue weighted by molar-refractivity contribution is 8.22. The molecule has 2 heterocycles. The molecule has 1 saturated heterocycles. The first kappa shape index (κ1) is 18.9. The van der Waals surface area contributed by atoms with Crippen LogP contribution in [0, 0.1) is 5.92 Å². The molecule has 0 aromatic carbocycles. The minimum absolute atomic E-state index is 0.0749. The van der Waals surface area contributed by atoms with Crippen LogP contribution in [0.4, 0.5) is 0 Å². The summed E-state index contributed by atoms with van der Waals surface area (Å²) >= 11 is 2.86. The predicted octanol–water partition coefficient (Wildman–Crippen LogP) is 3.54. The molecule has 130 valence electrons. The Hall–Kier alpha value is -0.443. The largest absolute Gasteiger partial charge is 0.477 e. The second-order valence-electron chi connectivity index (χ2n) is 7.47. The summed E-state index contributed by atoms with van der Waals surface area (Å²) < 4.78 is 7.06. The Morgan fingerprint density at radius 1 is 1.43 bits per heavy atom. The molecule has 2 aliphatic heterocycles. The topological polar surface area (TPSA) is 66.8 Å². The Balaban J connectivity index is 2.15. The number of thioether (sulfide) groups is 2. The van der Waals surface area contributed by atoms with E-state index >= 15 is 0 Å². The Labute approximate surface area is 147 Å². The van der Waals surface area contributed by atoms with Crippen molar-refractivity contribution in [2.45, 2.75) is 57.3 Å². The Morgan fingerprint density at radius 2 is 2.00 bits per heavy atom. The third-order valence-corrected chi connectivity index (χ3v) is 12.0. The molecule has 1 N–H and O–H groups in total. The van der Waals surface area contributed by atoms with Gasteiger partial charge in [0.2, 0.25) is 5.91 Å². The normalized spacial score (nSPS) is 26.2. The summed E-state index contributed by atoms with van der Waals surface area (Å²) in [4.78, 5) is 25.4. The number of carboxylic acid groups (broad SMARTS) is 1. The molecule has 5 nitrogen and oxygen atoms in total. The molecule has 1 amide bonds. The SMILES string of the molecule is CSC1=C(C(=O)O)N2C(=O)C([C@@H](C)O[Si](C)(C)C(C)(C)C)C2S1. The van der Waals surface area contributed by atoms with E-state index in [0.29, 0.717) is 4.24 Å². The van der Waals surface area contributed by atoms with Gasteiger partial charge in [-0.2, -0.15) is 0 Å². The van der Waals surface area contributed by atoms with E-state index in [9.17, 15) is 14.7 Å². The highest BCUT2D eigenvalue weighted by Gasteiger charge is 2.58. The lowest BCUT2D eigenvalue weighted by atomic mass is 9.92. The zero-order valence-corrected chi connectivity index (χ0v) is 17.3. The summed E-state index contributed by atoms with van der Waals surface area (Å²) in [5.74, 6) is -1.43. The molecule has 2 rings (SSSR count). The van der Waals surface area contributed by atoms with Crippen LogP contribution in [0.2, 0.25) is 18.1 Å². The molecule has 3 atom stereocenters. The lowest BCUT2D eigenvalue weighted by molar-refractivity contribution is -0.156. The van der Waals surface area contributed by atoms with E-state index in [1.165, 1.54) is 28.4 Å². The van der Waals surface area contributed by atoms with Gasteiger partial charge in [0.1, 0.15) is 5.37 Å². The Bertz CT molecular complexity index is 570. The molecular formula is C15H25NO4S2Si. The summed E-state index contributed by atoms with van der Waals surface area (Å²) in [5.41, 5.74) is 0.133. The van der Waals surface area contributed by atoms with Crippen LogP contribution < -0.4 is 0 Å². The maximum absolute atomic E-state index is 12.5. The van der Waals surface area contributed by atoms with Crippen molar-refractivity contribution in [3.05, 3.63) is 9.93 Å². The number of hydrogen-bond donors (Lipinski definition) is 1. The van der Waals surface area contributed by atoms with Gasteiger partial charge in [-0.25, -0.2) is 4.79 Å². The van der Waals surface area contributed by atoms with E-state index in [0.717, 1.165) is 0 Å². The first-order chi connectivity index (χ1) is 10.4. The molecule has 0 radical (unpaired) electrons. The monoisotopic (exact) mass is 375 g/mol. The number of carboxylic acids is 1. The minimum Gasteiger partial charge on any atom is -0.477 e. The summed E-state index contributed by atoms with van der Waals surface area (Å²) in [5, 5.41) is 9.30. The number of carbonyl (C=O) groups is 2. The van der Waals surface area contributed by atoms with Crippen LogP contribution in [0.1, 0.15) is 27.7 Å². The van der Waals surface area contributed by atoms with Crippen molar-refractivity contribution >= 4 is 43.7 Å². The van der Waals surface area contributed by atoms with E-state index < -0.39 is 14.3 Å². The third-order valence-electron chi connectivity index (χ3n) is 4.93. The summed E-state index contributed by atoms with van der Waals surface area (Å²) in [6.07, 6.45) is 1.64. The molecule has 1 fully saturated rings. The van der Waals surface area contributed by atoms with Crippen molar-refractivity contribution < 1.29 is 19.1 Å². The van der Waals surface area contributed by atoms with E-state index in [2.05, 4.69) is 33.9 Å². The molecule has 2 aliphatic rings. The average molecular weight is 376 g/mol. The maximum atomic E-state index is 12.5. The van der Waals surface area contributed by atoms with Crippen molar-refractivity contribution in [3.63, 3.8) is 0 Å².